The van der Waals surface area contributed by atoms with Gasteiger partial charge in [0.25, 0.3) is 0 Å². The summed E-state index contributed by atoms with van der Waals surface area (Å²) in [5.74, 6) is -0.440. The Morgan fingerprint density at radius 2 is 2.10 bits per heavy atom. The molecule has 0 saturated carbocycles. The van der Waals surface area contributed by atoms with E-state index >= 15 is 0 Å². The lowest BCUT2D eigenvalue weighted by Gasteiger charge is -2.19. The monoisotopic (exact) mass is 289 g/mol. The van der Waals surface area contributed by atoms with Crippen LogP contribution in [0.2, 0.25) is 0 Å². The van der Waals surface area contributed by atoms with Crippen LogP contribution in [0.25, 0.3) is 11.3 Å². The molecule has 0 unspecified atom stereocenters. The Bertz CT molecular complexity index is 656. The fraction of sp³-hybridized carbons (Fsp3) is 0.400. The summed E-state index contributed by atoms with van der Waals surface area (Å²) in [7, 11) is 1.80. The molecule has 0 amide bonds. The van der Waals surface area contributed by atoms with Gasteiger partial charge in [0.15, 0.2) is 0 Å². The maximum absolute atomic E-state index is 12.2. The zero-order valence-corrected chi connectivity index (χ0v) is 12.6. The maximum Gasteiger partial charge on any atom is 0.338 e. The summed E-state index contributed by atoms with van der Waals surface area (Å²) in [6, 6.07) is 3.18. The van der Waals surface area contributed by atoms with Gasteiger partial charge in [-0.3, -0.25) is 9.67 Å². The van der Waals surface area contributed by atoms with Gasteiger partial charge in [0.1, 0.15) is 5.60 Å². The number of hydrogen-bond donors (Lipinski definition) is 1. The van der Waals surface area contributed by atoms with Gasteiger partial charge in [0.2, 0.25) is 0 Å². The van der Waals surface area contributed by atoms with E-state index < -0.39 is 11.6 Å². The molecule has 2 aromatic heterocycles. The minimum atomic E-state index is -0.575. The molecule has 0 fully saturated rings. The van der Waals surface area contributed by atoms with Crippen LogP contribution in [-0.4, -0.2) is 31.4 Å². The van der Waals surface area contributed by atoms with Crippen LogP contribution in [0.5, 0.6) is 0 Å². The molecule has 1 N–H and O–H groups in total. The van der Waals surface area contributed by atoms with E-state index in [-0.39, 0.29) is 6.61 Å². The topological polar surface area (TPSA) is 77.2 Å². The number of carbonyl (C=O) groups is 1. The van der Waals surface area contributed by atoms with Gasteiger partial charge in [0.05, 0.1) is 29.8 Å². The molecule has 2 heterocycles. The first-order valence-corrected chi connectivity index (χ1v) is 6.63. The fourth-order valence-electron chi connectivity index (χ4n) is 1.82. The second-order valence-corrected chi connectivity index (χ2v) is 5.80. The van der Waals surface area contributed by atoms with Crippen molar-refractivity contribution < 1.29 is 14.6 Å². The van der Waals surface area contributed by atoms with E-state index in [1.165, 1.54) is 6.07 Å². The number of aliphatic hydroxyl groups excluding tert-OH is 1. The van der Waals surface area contributed by atoms with Crippen molar-refractivity contribution in [1.29, 1.82) is 0 Å². The molecular formula is C15H19N3O3. The highest BCUT2D eigenvalue weighted by atomic mass is 16.6. The first-order valence-electron chi connectivity index (χ1n) is 6.63. The fourth-order valence-corrected chi connectivity index (χ4v) is 1.82. The zero-order chi connectivity index (χ0) is 15.6. The first-order chi connectivity index (χ1) is 9.78. The lowest BCUT2D eigenvalue weighted by molar-refractivity contribution is 0.00692. The summed E-state index contributed by atoms with van der Waals surface area (Å²) >= 11 is 0. The Morgan fingerprint density at radius 3 is 2.62 bits per heavy atom. The lowest BCUT2D eigenvalue weighted by atomic mass is 10.1. The largest absolute Gasteiger partial charge is 0.456 e. The minimum absolute atomic E-state index is 0.246. The quantitative estimate of drug-likeness (QED) is 0.874. The van der Waals surface area contributed by atoms with Crippen LogP contribution in [0, 0.1) is 0 Å². The van der Waals surface area contributed by atoms with Crippen molar-refractivity contribution in [3.8, 4) is 11.3 Å². The second kappa shape index (κ2) is 5.65. The molecule has 0 atom stereocenters. The van der Waals surface area contributed by atoms with Crippen molar-refractivity contribution in [2.24, 2.45) is 7.05 Å². The van der Waals surface area contributed by atoms with Crippen molar-refractivity contribution in [3.05, 3.63) is 35.8 Å². The molecule has 2 aromatic rings. The molecule has 2 rings (SSSR count). The number of aromatic nitrogens is 3. The lowest BCUT2D eigenvalue weighted by Crippen LogP contribution is -2.24. The number of esters is 1. The summed E-state index contributed by atoms with van der Waals surface area (Å²) in [5.41, 5.74) is 1.56. The van der Waals surface area contributed by atoms with E-state index in [1.807, 2.05) is 0 Å². The number of ether oxygens (including phenoxy) is 1. The highest BCUT2D eigenvalue weighted by Gasteiger charge is 2.19. The number of rotatable bonds is 3. The summed E-state index contributed by atoms with van der Waals surface area (Å²) in [5, 5.41) is 13.4. The van der Waals surface area contributed by atoms with E-state index in [9.17, 15) is 9.90 Å². The molecule has 112 valence electrons. The van der Waals surface area contributed by atoms with Crippen LogP contribution >= 0.6 is 0 Å². The van der Waals surface area contributed by atoms with Crippen molar-refractivity contribution in [2.45, 2.75) is 33.0 Å². The van der Waals surface area contributed by atoms with Gasteiger partial charge in [0, 0.05) is 18.8 Å². The number of aliphatic hydroxyl groups is 1. The van der Waals surface area contributed by atoms with Gasteiger partial charge in [-0.15, -0.1) is 0 Å². The highest BCUT2D eigenvalue weighted by molar-refractivity contribution is 5.91. The van der Waals surface area contributed by atoms with Crippen LogP contribution in [-0.2, 0) is 18.4 Å². The predicted molar refractivity (Wildman–Crippen MR) is 77.5 cm³/mol. The maximum atomic E-state index is 12.2. The number of carbonyl (C=O) groups excluding carboxylic acids is 1. The molecule has 0 radical (unpaired) electrons. The Balaban J connectivity index is 2.40. The highest BCUT2D eigenvalue weighted by Crippen LogP contribution is 2.20. The summed E-state index contributed by atoms with van der Waals surface area (Å²) in [6.45, 7) is 5.17. The summed E-state index contributed by atoms with van der Waals surface area (Å²) in [6.07, 6.45) is 3.45. The Kier molecular flexibility index (Phi) is 4.09. The number of aryl methyl sites for hydroxylation is 1. The van der Waals surface area contributed by atoms with E-state index in [0.29, 0.717) is 17.0 Å². The van der Waals surface area contributed by atoms with E-state index in [0.717, 1.165) is 5.56 Å². The number of nitrogens with zero attached hydrogens (tertiary/aromatic N) is 3. The molecule has 21 heavy (non-hydrogen) atoms. The third-order valence-electron chi connectivity index (χ3n) is 2.68. The van der Waals surface area contributed by atoms with Crippen molar-refractivity contribution >= 4 is 5.97 Å². The van der Waals surface area contributed by atoms with Crippen LogP contribution in [0.15, 0.2) is 24.5 Å². The van der Waals surface area contributed by atoms with Crippen LogP contribution in [0.3, 0.4) is 0 Å². The van der Waals surface area contributed by atoms with E-state index in [1.54, 1.807) is 51.0 Å². The van der Waals surface area contributed by atoms with E-state index in [2.05, 4.69) is 10.1 Å². The molecule has 6 nitrogen and oxygen atoms in total. The smallest absolute Gasteiger partial charge is 0.338 e. The summed E-state index contributed by atoms with van der Waals surface area (Å²) < 4.78 is 7.00. The average molecular weight is 289 g/mol. The van der Waals surface area contributed by atoms with Gasteiger partial charge in [-0.1, -0.05) is 0 Å². The molecule has 0 aromatic carbocycles. The second-order valence-electron chi connectivity index (χ2n) is 5.80. The molecule has 0 spiro atoms. The third-order valence-corrected chi connectivity index (χ3v) is 2.68. The molecule has 0 saturated heterocycles. The number of hydrogen-bond acceptors (Lipinski definition) is 5. The van der Waals surface area contributed by atoms with Crippen LogP contribution in [0.4, 0.5) is 0 Å². The molecule has 0 bridgehead atoms. The normalized spacial score (nSPS) is 11.5. The minimum Gasteiger partial charge on any atom is -0.456 e. The van der Waals surface area contributed by atoms with Crippen molar-refractivity contribution in [3.63, 3.8) is 0 Å². The molecule has 0 aliphatic carbocycles. The number of pyridine rings is 1. The Labute approximate surface area is 123 Å². The van der Waals surface area contributed by atoms with E-state index in [4.69, 9.17) is 4.74 Å². The first kappa shape index (κ1) is 15.2. The van der Waals surface area contributed by atoms with Gasteiger partial charge >= 0.3 is 5.97 Å². The van der Waals surface area contributed by atoms with Gasteiger partial charge in [-0.2, -0.15) is 5.10 Å². The van der Waals surface area contributed by atoms with Gasteiger partial charge in [-0.05, 0) is 32.9 Å². The molecular weight excluding hydrogens is 270 g/mol. The van der Waals surface area contributed by atoms with Gasteiger partial charge in [-0.25, -0.2) is 4.79 Å². The average Bonchev–Trinajstić information content (AvgIpc) is 2.83. The van der Waals surface area contributed by atoms with Crippen LogP contribution in [0.1, 0.15) is 36.8 Å². The molecule has 0 aliphatic heterocycles. The third kappa shape index (κ3) is 3.88. The molecule has 6 heteroatoms. The van der Waals surface area contributed by atoms with Gasteiger partial charge < -0.3 is 9.84 Å². The summed E-state index contributed by atoms with van der Waals surface area (Å²) in [4.78, 5) is 16.5. The zero-order valence-electron chi connectivity index (χ0n) is 12.6. The van der Waals surface area contributed by atoms with Crippen LogP contribution < -0.4 is 0 Å². The Morgan fingerprint density at radius 1 is 1.38 bits per heavy atom. The van der Waals surface area contributed by atoms with Crippen molar-refractivity contribution in [1.82, 2.24) is 14.8 Å². The standard InChI is InChI=1S/C15H19N3O3/c1-15(2,3)21-14(20)10-5-12(9-19)17-13(6-10)11-7-16-18(4)8-11/h5-8,19H,9H2,1-4H3. The Hall–Kier alpha value is -2.21. The predicted octanol–water partition coefficient (Wildman–Crippen LogP) is 1.93. The van der Waals surface area contributed by atoms with Crippen molar-refractivity contribution in [2.75, 3.05) is 0 Å². The molecule has 0 aliphatic rings. The SMILES string of the molecule is Cn1cc(-c2cc(C(=O)OC(C)(C)C)cc(CO)n2)cn1.